The molecule has 92 valence electrons. The highest BCUT2D eigenvalue weighted by molar-refractivity contribution is 5.95. The van der Waals surface area contributed by atoms with Gasteiger partial charge in [-0.3, -0.25) is 4.79 Å². The van der Waals surface area contributed by atoms with Gasteiger partial charge in [0.2, 0.25) is 0 Å². The van der Waals surface area contributed by atoms with Crippen molar-refractivity contribution in [2.45, 2.75) is 32.6 Å². The Morgan fingerprint density at radius 1 is 1.24 bits per heavy atom. The Balaban J connectivity index is 2.17. The van der Waals surface area contributed by atoms with E-state index in [-0.39, 0.29) is 5.91 Å². The number of likely N-dealkylation sites (tertiary alicyclic amines) is 1. The number of hydrogen-bond donors (Lipinski definition) is 1. The van der Waals surface area contributed by atoms with Crippen LogP contribution in [-0.4, -0.2) is 28.9 Å². The lowest BCUT2D eigenvalue weighted by molar-refractivity contribution is 0.0761. The number of aryl methyl sites for hydroxylation is 1. The van der Waals surface area contributed by atoms with Crippen LogP contribution < -0.4 is 5.73 Å². The number of anilines is 1. The van der Waals surface area contributed by atoms with Crippen LogP contribution in [0.5, 0.6) is 0 Å². The minimum Gasteiger partial charge on any atom is -0.384 e. The molecule has 4 heteroatoms. The molecule has 17 heavy (non-hydrogen) atoms. The van der Waals surface area contributed by atoms with Crippen LogP contribution in [0.2, 0.25) is 0 Å². The van der Waals surface area contributed by atoms with Gasteiger partial charge < -0.3 is 10.6 Å². The van der Waals surface area contributed by atoms with Crippen LogP contribution >= 0.6 is 0 Å². The van der Waals surface area contributed by atoms with Crippen molar-refractivity contribution in [3.05, 3.63) is 23.4 Å². The second-order valence-corrected chi connectivity index (χ2v) is 4.63. The number of nitrogens with two attached hydrogens (primary N) is 1. The number of rotatable bonds is 1. The number of carbonyl (C=O) groups is 1. The number of nitrogens with zero attached hydrogens (tertiary/aromatic N) is 2. The summed E-state index contributed by atoms with van der Waals surface area (Å²) >= 11 is 0. The lowest BCUT2D eigenvalue weighted by Gasteiger charge is -2.20. The van der Waals surface area contributed by atoms with Crippen LogP contribution in [0, 0.1) is 6.92 Å². The van der Waals surface area contributed by atoms with E-state index in [1.54, 1.807) is 6.07 Å². The van der Waals surface area contributed by atoms with Gasteiger partial charge in [0.15, 0.2) is 0 Å². The van der Waals surface area contributed by atoms with Crippen LogP contribution in [-0.2, 0) is 0 Å². The molecule has 1 fully saturated rings. The number of nitrogen functional groups attached to an aromatic ring is 1. The molecule has 1 aromatic heterocycles. The second-order valence-electron chi connectivity index (χ2n) is 4.63. The van der Waals surface area contributed by atoms with E-state index in [4.69, 9.17) is 5.73 Å². The summed E-state index contributed by atoms with van der Waals surface area (Å²) in [6, 6.07) is 3.48. The molecule has 0 atom stereocenters. The van der Waals surface area contributed by atoms with Crippen molar-refractivity contribution < 1.29 is 4.79 Å². The summed E-state index contributed by atoms with van der Waals surface area (Å²) in [5.74, 6) is 0.507. The molecular formula is C13H19N3O. The van der Waals surface area contributed by atoms with Crippen molar-refractivity contribution in [2.24, 2.45) is 0 Å². The Morgan fingerprint density at radius 3 is 2.47 bits per heavy atom. The first kappa shape index (κ1) is 11.9. The molecule has 2 N–H and O–H groups in total. The van der Waals surface area contributed by atoms with Crippen LogP contribution in [0.3, 0.4) is 0 Å². The molecule has 0 aliphatic carbocycles. The van der Waals surface area contributed by atoms with Gasteiger partial charge in [-0.1, -0.05) is 12.8 Å². The first-order valence-corrected chi connectivity index (χ1v) is 6.20. The highest BCUT2D eigenvalue weighted by Crippen LogP contribution is 2.15. The van der Waals surface area contributed by atoms with Crippen LogP contribution in [0.25, 0.3) is 0 Å². The topological polar surface area (TPSA) is 59.2 Å². The molecule has 0 bridgehead atoms. The zero-order chi connectivity index (χ0) is 12.3. The zero-order valence-corrected chi connectivity index (χ0v) is 10.3. The number of aromatic nitrogens is 1. The summed E-state index contributed by atoms with van der Waals surface area (Å²) < 4.78 is 0. The predicted molar refractivity (Wildman–Crippen MR) is 67.8 cm³/mol. The summed E-state index contributed by atoms with van der Waals surface area (Å²) in [7, 11) is 0. The molecule has 1 aliphatic rings. The van der Waals surface area contributed by atoms with Gasteiger partial charge in [-0.25, -0.2) is 4.98 Å². The highest BCUT2D eigenvalue weighted by atomic mass is 16.2. The Hall–Kier alpha value is -1.58. The van der Waals surface area contributed by atoms with E-state index in [0.717, 1.165) is 31.6 Å². The molecule has 1 amide bonds. The van der Waals surface area contributed by atoms with Crippen molar-refractivity contribution in [1.82, 2.24) is 9.88 Å². The maximum Gasteiger partial charge on any atom is 0.254 e. The smallest absolute Gasteiger partial charge is 0.254 e. The quantitative estimate of drug-likeness (QED) is 0.807. The number of amides is 1. The summed E-state index contributed by atoms with van der Waals surface area (Å²) in [5, 5.41) is 0. The summed E-state index contributed by atoms with van der Waals surface area (Å²) in [6.07, 6.45) is 4.65. The number of pyridine rings is 1. The first-order valence-electron chi connectivity index (χ1n) is 6.20. The summed E-state index contributed by atoms with van der Waals surface area (Å²) in [4.78, 5) is 18.3. The average Bonchev–Trinajstić information content (AvgIpc) is 2.55. The molecule has 0 saturated carbocycles. The standard InChI is InChI=1S/C13H19N3O/c1-10-8-11(9-12(14)15-10)13(17)16-6-4-2-3-5-7-16/h8-9H,2-7H2,1H3,(H2,14,15). The van der Waals surface area contributed by atoms with Gasteiger partial charge in [0.25, 0.3) is 5.91 Å². The highest BCUT2D eigenvalue weighted by Gasteiger charge is 2.17. The number of hydrogen-bond acceptors (Lipinski definition) is 3. The van der Waals surface area contributed by atoms with Gasteiger partial charge in [0.05, 0.1) is 0 Å². The molecule has 2 heterocycles. The number of carbonyl (C=O) groups excluding carboxylic acids is 1. The van der Waals surface area contributed by atoms with E-state index in [9.17, 15) is 4.79 Å². The molecule has 0 unspecified atom stereocenters. The third-order valence-corrected chi connectivity index (χ3v) is 3.11. The van der Waals surface area contributed by atoms with E-state index >= 15 is 0 Å². The van der Waals surface area contributed by atoms with Gasteiger partial charge in [-0.15, -0.1) is 0 Å². The van der Waals surface area contributed by atoms with E-state index in [1.165, 1.54) is 12.8 Å². The fourth-order valence-corrected chi connectivity index (χ4v) is 2.27. The van der Waals surface area contributed by atoms with Gasteiger partial charge in [-0.2, -0.15) is 0 Å². The minimum absolute atomic E-state index is 0.0871. The Labute approximate surface area is 102 Å². The molecule has 1 saturated heterocycles. The average molecular weight is 233 g/mol. The van der Waals surface area contributed by atoms with Gasteiger partial charge in [0.1, 0.15) is 5.82 Å². The maximum absolute atomic E-state index is 12.3. The third-order valence-electron chi connectivity index (χ3n) is 3.11. The Morgan fingerprint density at radius 2 is 1.88 bits per heavy atom. The second kappa shape index (κ2) is 5.17. The van der Waals surface area contributed by atoms with Gasteiger partial charge >= 0.3 is 0 Å². The summed E-state index contributed by atoms with van der Waals surface area (Å²) in [5.41, 5.74) is 7.13. The summed E-state index contributed by atoms with van der Waals surface area (Å²) in [6.45, 7) is 3.58. The van der Waals surface area contributed by atoms with Crippen LogP contribution in [0.15, 0.2) is 12.1 Å². The van der Waals surface area contributed by atoms with Crippen molar-refractivity contribution in [3.8, 4) is 0 Å². The van der Waals surface area contributed by atoms with Crippen molar-refractivity contribution in [3.63, 3.8) is 0 Å². The third kappa shape index (κ3) is 2.96. The van der Waals surface area contributed by atoms with Crippen molar-refractivity contribution in [2.75, 3.05) is 18.8 Å². The molecular weight excluding hydrogens is 214 g/mol. The fraction of sp³-hybridized carbons (Fsp3) is 0.538. The Bertz CT molecular complexity index is 389. The molecule has 1 aliphatic heterocycles. The molecule has 0 aromatic carbocycles. The van der Waals surface area contributed by atoms with E-state index in [0.29, 0.717) is 11.4 Å². The van der Waals surface area contributed by atoms with E-state index in [2.05, 4.69) is 4.98 Å². The maximum atomic E-state index is 12.3. The molecule has 1 aromatic rings. The van der Waals surface area contributed by atoms with Gasteiger partial charge in [-0.05, 0) is 31.9 Å². The largest absolute Gasteiger partial charge is 0.384 e. The lowest BCUT2D eigenvalue weighted by atomic mass is 10.2. The molecule has 4 nitrogen and oxygen atoms in total. The van der Waals surface area contributed by atoms with Crippen LogP contribution in [0.4, 0.5) is 5.82 Å². The SMILES string of the molecule is Cc1cc(C(=O)N2CCCCCC2)cc(N)n1. The first-order chi connectivity index (χ1) is 8.16. The zero-order valence-electron chi connectivity index (χ0n) is 10.3. The predicted octanol–water partition coefficient (Wildman–Crippen LogP) is 1.99. The van der Waals surface area contributed by atoms with Crippen molar-refractivity contribution >= 4 is 11.7 Å². The Kier molecular flexibility index (Phi) is 3.61. The lowest BCUT2D eigenvalue weighted by Crippen LogP contribution is -2.32. The van der Waals surface area contributed by atoms with E-state index in [1.807, 2.05) is 17.9 Å². The minimum atomic E-state index is 0.0871. The normalized spacial score (nSPS) is 16.6. The fourth-order valence-electron chi connectivity index (χ4n) is 2.27. The van der Waals surface area contributed by atoms with E-state index < -0.39 is 0 Å². The molecule has 2 rings (SSSR count). The molecule has 0 spiro atoms. The monoisotopic (exact) mass is 233 g/mol. The van der Waals surface area contributed by atoms with Gasteiger partial charge in [0, 0.05) is 24.3 Å². The van der Waals surface area contributed by atoms with Crippen molar-refractivity contribution in [1.29, 1.82) is 0 Å². The molecule has 0 radical (unpaired) electrons. The van der Waals surface area contributed by atoms with Crippen LogP contribution in [0.1, 0.15) is 41.7 Å².